The zero-order valence-corrected chi connectivity index (χ0v) is 19.8. The Bertz CT molecular complexity index is 1220. The fraction of sp³-hybridized carbons (Fsp3) is 0.231. The van der Waals surface area contributed by atoms with Crippen LogP contribution < -0.4 is 14.4 Å². The van der Waals surface area contributed by atoms with E-state index >= 15 is 0 Å². The number of carbonyl (C=O) groups is 1. The molecule has 6 nitrogen and oxygen atoms in total. The molecule has 0 aliphatic carbocycles. The second-order valence-electron chi connectivity index (χ2n) is 7.89. The number of thiazole rings is 1. The maximum Gasteiger partial charge on any atom is 0.260 e. The molecule has 0 saturated carbocycles. The number of carbonyl (C=O) groups excluding carboxylic acids is 1. The van der Waals surface area contributed by atoms with Crippen molar-refractivity contribution in [3.05, 3.63) is 78.4 Å². The second kappa shape index (κ2) is 10.5. The zero-order valence-electron chi connectivity index (χ0n) is 19.0. The van der Waals surface area contributed by atoms with Crippen LogP contribution in [0.1, 0.15) is 16.8 Å². The fourth-order valence-corrected chi connectivity index (χ4v) is 4.46. The summed E-state index contributed by atoms with van der Waals surface area (Å²) in [5.74, 6) is 2.02. The maximum atomic E-state index is 13.6. The zero-order chi connectivity index (χ0) is 23.2. The Morgan fingerprint density at radius 3 is 2.45 bits per heavy atom. The highest BCUT2D eigenvalue weighted by molar-refractivity contribution is 7.22. The molecule has 1 amide bonds. The van der Waals surface area contributed by atoms with Crippen LogP contribution in [-0.2, 0) is 0 Å². The summed E-state index contributed by atoms with van der Waals surface area (Å²) >= 11 is 1.49. The molecule has 1 heterocycles. The van der Waals surface area contributed by atoms with Crippen LogP contribution in [0, 0.1) is 0 Å². The first-order chi connectivity index (χ1) is 16.0. The van der Waals surface area contributed by atoms with Gasteiger partial charge in [0.05, 0.1) is 17.3 Å². The lowest BCUT2D eigenvalue weighted by molar-refractivity contribution is 0.0985. The molecule has 0 saturated heterocycles. The number of aromatic nitrogens is 1. The third-order valence-electron chi connectivity index (χ3n) is 5.11. The van der Waals surface area contributed by atoms with Gasteiger partial charge in [-0.3, -0.25) is 9.69 Å². The van der Waals surface area contributed by atoms with Crippen LogP contribution in [0.25, 0.3) is 10.2 Å². The monoisotopic (exact) mass is 461 g/mol. The summed E-state index contributed by atoms with van der Waals surface area (Å²) in [6.45, 7) is 1.44. The fourth-order valence-electron chi connectivity index (χ4n) is 3.44. The minimum absolute atomic E-state index is 0.0988. The van der Waals surface area contributed by atoms with E-state index in [1.807, 2.05) is 80.8 Å². The molecule has 0 spiro atoms. The van der Waals surface area contributed by atoms with Crippen molar-refractivity contribution in [2.75, 3.05) is 39.2 Å². The molecule has 0 radical (unpaired) electrons. The van der Waals surface area contributed by atoms with E-state index in [0.29, 0.717) is 23.0 Å². The Hall–Kier alpha value is -3.42. The van der Waals surface area contributed by atoms with Crippen molar-refractivity contribution in [2.45, 2.75) is 6.42 Å². The van der Waals surface area contributed by atoms with Crippen LogP contribution in [0.2, 0.25) is 0 Å². The summed E-state index contributed by atoms with van der Waals surface area (Å²) in [5.41, 5.74) is 1.41. The van der Waals surface area contributed by atoms with Crippen molar-refractivity contribution in [3.8, 4) is 17.2 Å². The Balaban J connectivity index is 1.63. The van der Waals surface area contributed by atoms with E-state index in [0.717, 1.165) is 34.7 Å². The molecule has 33 heavy (non-hydrogen) atoms. The number of ether oxygens (including phenoxy) is 2. The van der Waals surface area contributed by atoms with Gasteiger partial charge in [-0.1, -0.05) is 35.6 Å². The van der Waals surface area contributed by atoms with Gasteiger partial charge in [-0.25, -0.2) is 4.98 Å². The smallest absolute Gasteiger partial charge is 0.260 e. The number of amides is 1. The lowest BCUT2D eigenvalue weighted by Gasteiger charge is -2.21. The Morgan fingerprint density at radius 2 is 1.70 bits per heavy atom. The van der Waals surface area contributed by atoms with Gasteiger partial charge in [0.2, 0.25) is 0 Å². The van der Waals surface area contributed by atoms with Crippen LogP contribution in [0.3, 0.4) is 0 Å². The van der Waals surface area contributed by atoms with Gasteiger partial charge in [-0.05, 0) is 75.6 Å². The molecule has 0 aliphatic heterocycles. The number of hydrogen-bond donors (Lipinski definition) is 0. The highest BCUT2D eigenvalue weighted by atomic mass is 32.1. The van der Waals surface area contributed by atoms with Crippen molar-refractivity contribution in [2.24, 2.45) is 0 Å². The van der Waals surface area contributed by atoms with E-state index in [2.05, 4.69) is 4.90 Å². The topological polar surface area (TPSA) is 54.9 Å². The first-order valence-electron chi connectivity index (χ1n) is 10.8. The number of hydrogen-bond acceptors (Lipinski definition) is 6. The standard InChI is InChI=1S/C26H27N3O3S/c1-28(2)15-8-16-29(26-27-23-14-13-21(31-3)18-24(23)33-26)25(30)19-9-7-12-22(17-19)32-20-10-5-4-6-11-20/h4-7,9-14,17-18H,8,15-16H2,1-3H3. The van der Waals surface area contributed by atoms with Crippen LogP contribution in [0.4, 0.5) is 5.13 Å². The van der Waals surface area contributed by atoms with E-state index < -0.39 is 0 Å². The lowest BCUT2D eigenvalue weighted by atomic mass is 10.2. The van der Waals surface area contributed by atoms with Gasteiger partial charge in [0.1, 0.15) is 17.2 Å². The Labute approximate surface area is 198 Å². The van der Waals surface area contributed by atoms with Gasteiger partial charge in [-0.2, -0.15) is 0 Å². The van der Waals surface area contributed by atoms with Gasteiger partial charge in [0.15, 0.2) is 5.13 Å². The lowest BCUT2D eigenvalue weighted by Crippen LogP contribution is -2.33. The van der Waals surface area contributed by atoms with Gasteiger partial charge < -0.3 is 14.4 Å². The molecule has 170 valence electrons. The van der Waals surface area contributed by atoms with Gasteiger partial charge in [-0.15, -0.1) is 0 Å². The largest absolute Gasteiger partial charge is 0.497 e. The maximum absolute atomic E-state index is 13.6. The van der Waals surface area contributed by atoms with Gasteiger partial charge in [0, 0.05) is 12.1 Å². The van der Waals surface area contributed by atoms with Crippen molar-refractivity contribution >= 4 is 32.6 Å². The first-order valence-corrected chi connectivity index (χ1v) is 11.6. The number of methoxy groups -OCH3 is 1. The van der Waals surface area contributed by atoms with Crippen LogP contribution >= 0.6 is 11.3 Å². The number of para-hydroxylation sites is 1. The molecule has 7 heteroatoms. The van der Waals surface area contributed by atoms with Crippen molar-refractivity contribution in [1.29, 1.82) is 0 Å². The molecule has 0 atom stereocenters. The van der Waals surface area contributed by atoms with E-state index in [1.54, 1.807) is 18.1 Å². The molecule has 1 aromatic heterocycles. The molecular formula is C26H27N3O3S. The van der Waals surface area contributed by atoms with Crippen LogP contribution in [-0.4, -0.2) is 50.1 Å². The quantitative estimate of drug-likeness (QED) is 0.320. The SMILES string of the molecule is COc1ccc2nc(N(CCCN(C)C)C(=O)c3cccc(Oc4ccccc4)c3)sc2c1. The van der Waals surface area contributed by atoms with E-state index in [-0.39, 0.29) is 5.91 Å². The minimum atomic E-state index is -0.0988. The average molecular weight is 462 g/mol. The summed E-state index contributed by atoms with van der Waals surface area (Å²) in [4.78, 5) is 22.2. The normalized spacial score (nSPS) is 11.0. The van der Waals surface area contributed by atoms with Gasteiger partial charge in [0.25, 0.3) is 5.91 Å². The van der Waals surface area contributed by atoms with E-state index in [1.165, 1.54) is 11.3 Å². The summed E-state index contributed by atoms with van der Waals surface area (Å²) < 4.78 is 12.3. The Kier molecular flexibility index (Phi) is 7.22. The average Bonchev–Trinajstić information content (AvgIpc) is 3.25. The highest BCUT2D eigenvalue weighted by Gasteiger charge is 2.22. The molecule has 0 N–H and O–H groups in total. The third kappa shape index (κ3) is 5.69. The van der Waals surface area contributed by atoms with Crippen LogP contribution in [0.15, 0.2) is 72.8 Å². The molecule has 4 rings (SSSR count). The number of nitrogens with zero attached hydrogens (tertiary/aromatic N) is 3. The van der Waals surface area contributed by atoms with Crippen molar-refractivity contribution in [3.63, 3.8) is 0 Å². The number of fused-ring (bicyclic) bond motifs is 1. The molecule has 4 aromatic rings. The second-order valence-corrected chi connectivity index (χ2v) is 8.90. The summed E-state index contributed by atoms with van der Waals surface area (Å²) in [7, 11) is 5.70. The minimum Gasteiger partial charge on any atom is -0.497 e. The predicted octanol–water partition coefficient (Wildman–Crippen LogP) is 5.70. The third-order valence-corrected chi connectivity index (χ3v) is 6.15. The van der Waals surface area contributed by atoms with Crippen molar-refractivity contribution < 1.29 is 14.3 Å². The summed E-state index contributed by atoms with van der Waals surface area (Å²) in [6.07, 6.45) is 0.832. The summed E-state index contributed by atoms with van der Waals surface area (Å²) in [6, 6.07) is 22.6. The van der Waals surface area contributed by atoms with Crippen molar-refractivity contribution in [1.82, 2.24) is 9.88 Å². The molecule has 0 aliphatic rings. The molecule has 0 unspecified atom stereocenters. The van der Waals surface area contributed by atoms with Gasteiger partial charge >= 0.3 is 0 Å². The number of rotatable bonds is 9. The Morgan fingerprint density at radius 1 is 0.909 bits per heavy atom. The number of anilines is 1. The molecular weight excluding hydrogens is 434 g/mol. The molecule has 3 aromatic carbocycles. The molecule has 0 fully saturated rings. The highest BCUT2D eigenvalue weighted by Crippen LogP contribution is 2.33. The van der Waals surface area contributed by atoms with E-state index in [9.17, 15) is 4.79 Å². The van der Waals surface area contributed by atoms with E-state index in [4.69, 9.17) is 14.5 Å². The molecule has 0 bridgehead atoms. The number of benzene rings is 3. The summed E-state index contributed by atoms with van der Waals surface area (Å²) in [5, 5.41) is 0.677. The van der Waals surface area contributed by atoms with Crippen LogP contribution in [0.5, 0.6) is 17.2 Å². The first kappa shape index (κ1) is 22.8. The predicted molar refractivity (Wildman–Crippen MR) is 134 cm³/mol.